The summed E-state index contributed by atoms with van der Waals surface area (Å²) < 4.78 is 5.25. The van der Waals surface area contributed by atoms with Crippen LogP contribution in [0.3, 0.4) is 0 Å². The molecule has 0 bridgehead atoms. The lowest BCUT2D eigenvalue weighted by molar-refractivity contribution is 0.129. The number of nitrogens with zero attached hydrogens (tertiary/aromatic N) is 1. The molecule has 3 N–H and O–H groups in total. The van der Waals surface area contributed by atoms with Crippen molar-refractivity contribution >= 4 is 16.6 Å². The van der Waals surface area contributed by atoms with Gasteiger partial charge in [0, 0.05) is 43.0 Å². The van der Waals surface area contributed by atoms with Crippen LogP contribution >= 0.6 is 0 Å². The van der Waals surface area contributed by atoms with E-state index in [2.05, 4.69) is 16.4 Å². The number of rotatable bonds is 5. The summed E-state index contributed by atoms with van der Waals surface area (Å²) in [5.74, 6) is 0. The molecule has 0 spiro atoms. The van der Waals surface area contributed by atoms with Crippen molar-refractivity contribution < 1.29 is 4.74 Å². The van der Waals surface area contributed by atoms with Gasteiger partial charge in [0.05, 0.1) is 11.6 Å². The fourth-order valence-electron chi connectivity index (χ4n) is 1.88. The molecule has 0 saturated carbocycles. The lowest BCUT2D eigenvalue weighted by Crippen LogP contribution is -2.19. The summed E-state index contributed by atoms with van der Waals surface area (Å²) in [5, 5.41) is 4.51. The van der Waals surface area contributed by atoms with Gasteiger partial charge in [-0.25, -0.2) is 0 Å². The predicted molar refractivity (Wildman–Crippen MR) is 74.6 cm³/mol. The first kappa shape index (κ1) is 12.8. The molecular weight excluding hydrogens is 226 g/mol. The van der Waals surface area contributed by atoms with Crippen LogP contribution < -0.4 is 11.1 Å². The van der Waals surface area contributed by atoms with Gasteiger partial charge in [0.1, 0.15) is 0 Å². The van der Waals surface area contributed by atoms with Crippen LogP contribution in [0.5, 0.6) is 0 Å². The number of methoxy groups -OCH3 is 1. The molecule has 1 aromatic heterocycles. The maximum Gasteiger partial charge on any atom is 0.0722 e. The Morgan fingerprint density at radius 1 is 1.39 bits per heavy atom. The Bertz CT molecular complexity index is 527. The lowest BCUT2D eigenvalue weighted by Gasteiger charge is -2.16. The molecule has 96 valence electrons. The van der Waals surface area contributed by atoms with E-state index < -0.39 is 0 Å². The van der Waals surface area contributed by atoms with Crippen molar-refractivity contribution in [3.8, 4) is 0 Å². The van der Waals surface area contributed by atoms with Crippen LogP contribution in [0.25, 0.3) is 10.9 Å². The van der Waals surface area contributed by atoms with E-state index in [-0.39, 0.29) is 6.10 Å². The van der Waals surface area contributed by atoms with Crippen molar-refractivity contribution in [2.45, 2.75) is 19.6 Å². The normalized spacial score (nSPS) is 12.6. The van der Waals surface area contributed by atoms with Crippen LogP contribution in [0.15, 0.2) is 30.5 Å². The van der Waals surface area contributed by atoms with Crippen molar-refractivity contribution in [2.75, 3.05) is 19.0 Å². The first-order valence-electron chi connectivity index (χ1n) is 6.09. The number of pyridine rings is 1. The number of para-hydroxylation sites is 1. The molecule has 4 heteroatoms. The van der Waals surface area contributed by atoms with Gasteiger partial charge in [0.25, 0.3) is 0 Å². The standard InChI is InChI=1S/C14H19N3O/c1-10(18-2)8-17-14-11(7-15)9-16-13-6-4-3-5-12(13)14/h3-6,9-10H,7-8,15H2,1-2H3,(H,16,17). The fraction of sp³-hybridized carbons (Fsp3) is 0.357. The Labute approximate surface area is 107 Å². The van der Waals surface area contributed by atoms with Crippen molar-refractivity contribution in [3.63, 3.8) is 0 Å². The molecule has 0 aliphatic heterocycles. The molecule has 18 heavy (non-hydrogen) atoms. The van der Waals surface area contributed by atoms with Crippen LogP contribution in [0.4, 0.5) is 5.69 Å². The summed E-state index contributed by atoms with van der Waals surface area (Å²) in [4.78, 5) is 4.41. The van der Waals surface area contributed by atoms with E-state index in [9.17, 15) is 0 Å². The number of hydrogen-bond acceptors (Lipinski definition) is 4. The number of hydrogen-bond donors (Lipinski definition) is 2. The second kappa shape index (κ2) is 5.80. The van der Waals surface area contributed by atoms with Gasteiger partial charge in [0.15, 0.2) is 0 Å². The van der Waals surface area contributed by atoms with Gasteiger partial charge >= 0.3 is 0 Å². The van der Waals surface area contributed by atoms with Crippen LogP contribution in [0.1, 0.15) is 12.5 Å². The number of fused-ring (bicyclic) bond motifs is 1. The summed E-state index contributed by atoms with van der Waals surface area (Å²) in [6.07, 6.45) is 1.99. The van der Waals surface area contributed by atoms with E-state index in [1.54, 1.807) is 7.11 Å². The number of anilines is 1. The summed E-state index contributed by atoms with van der Waals surface area (Å²) >= 11 is 0. The molecule has 0 fully saturated rings. The summed E-state index contributed by atoms with van der Waals surface area (Å²) in [5.41, 5.74) is 8.83. The first-order chi connectivity index (χ1) is 8.76. The minimum atomic E-state index is 0.155. The van der Waals surface area contributed by atoms with Crippen LogP contribution in [-0.4, -0.2) is 24.7 Å². The van der Waals surface area contributed by atoms with Gasteiger partial charge in [-0.2, -0.15) is 0 Å². The summed E-state index contributed by atoms with van der Waals surface area (Å²) in [6, 6.07) is 8.05. The Morgan fingerprint density at radius 3 is 2.89 bits per heavy atom. The molecule has 1 heterocycles. The fourth-order valence-corrected chi connectivity index (χ4v) is 1.88. The molecule has 2 rings (SSSR count). The maximum absolute atomic E-state index is 5.77. The molecule has 1 atom stereocenters. The highest BCUT2D eigenvalue weighted by molar-refractivity contribution is 5.92. The third-order valence-corrected chi connectivity index (χ3v) is 3.04. The Hall–Kier alpha value is -1.65. The Kier molecular flexibility index (Phi) is 4.12. The monoisotopic (exact) mass is 245 g/mol. The number of aromatic nitrogens is 1. The Balaban J connectivity index is 2.38. The highest BCUT2D eigenvalue weighted by atomic mass is 16.5. The van der Waals surface area contributed by atoms with Crippen LogP contribution in [0.2, 0.25) is 0 Å². The minimum Gasteiger partial charge on any atom is -0.382 e. The molecule has 0 saturated heterocycles. The highest BCUT2D eigenvalue weighted by Crippen LogP contribution is 2.25. The predicted octanol–water partition coefficient (Wildman–Crippen LogP) is 2.14. The van der Waals surface area contributed by atoms with Crippen LogP contribution in [0, 0.1) is 0 Å². The van der Waals surface area contributed by atoms with Crippen molar-refractivity contribution in [2.24, 2.45) is 5.73 Å². The molecule has 1 aromatic carbocycles. The summed E-state index contributed by atoms with van der Waals surface area (Å²) in [6.45, 7) is 3.25. The molecule has 0 amide bonds. The number of nitrogens with one attached hydrogen (secondary N) is 1. The molecule has 2 aromatic rings. The lowest BCUT2D eigenvalue weighted by atomic mass is 10.1. The number of nitrogens with two attached hydrogens (primary N) is 1. The van der Waals surface area contributed by atoms with E-state index >= 15 is 0 Å². The quantitative estimate of drug-likeness (QED) is 0.847. The van der Waals surface area contributed by atoms with Crippen molar-refractivity contribution in [1.29, 1.82) is 0 Å². The SMILES string of the molecule is COC(C)CNc1c(CN)cnc2ccccc12. The average Bonchev–Trinajstić information content (AvgIpc) is 2.44. The second-order valence-corrected chi connectivity index (χ2v) is 4.31. The highest BCUT2D eigenvalue weighted by Gasteiger charge is 2.08. The summed E-state index contributed by atoms with van der Waals surface area (Å²) in [7, 11) is 1.71. The van der Waals surface area contributed by atoms with E-state index in [1.165, 1.54) is 0 Å². The van der Waals surface area contributed by atoms with E-state index in [4.69, 9.17) is 10.5 Å². The third-order valence-electron chi connectivity index (χ3n) is 3.04. The zero-order valence-electron chi connectivity index (χ0n) is 10.8. The van der Waals surface area contributed by atoms with Gasteiger partial charge in [-0.05, 0) is 13.0 Å². The second-order valence-electron chi connectivity index (χ2n) is 4.31. The van der Waals surface area contributed by atoms with Gasteiger partial charge < -0.3 is 15.8 Å². The van der Waals surface area contributed by atoms with Crippen molar-refractivity contribution in [3.05, 3.63) is 36.0 Å². The smallest absolute Gasteiger partial charge is 0.0722 e. The van der Waals surface area contributed by atoms with Crippen molar-refractivity contribution in [1.82, 2.24) is 4.98 Å². The van der Waals surface area contributed by atoms with E-state index in [0.717, 1.165) is 28.7 Å². The molecule has 4 nitrogen and oxygen atoms in total. The van der Waals surface area contributed by atoms with Gasteiger partial charge in [-0.1, -0.05) is 18.2 Å². The largest absolute Gasteiger partial charge is 0.382 e. The maximum atomic E-state index is 5.77. The zero-order valence-corrected chi connectivity index (χ0v) is 10.8. The van der Waals surface area contributed by atoms with E-state index in [1.807, 2.05) is 31.3 Å². The average molecular weight is 245 g/mol. The topological polar surface area (TPSA) is 60.2 Å². The first-order valence-corrected chi connectivity index (χ1v) is 6.09. The molecular formula is C14H19N3O. The molecule has 0 aliphatic rings. The van der Waals surface area contributed by atoms with Crippen LogP contribution in [-0.2, 0) is 11.3 Å². The number of benzene rings is 1. The Morgan fingerprint density at radius 2 is 2.17 bits per heavy atom. The molecule has 0 radical (unpaired) electrons. The third kappa shape index (κ3) is 2.60. The van der Waals surface area contributed by atoms with Gasteiger partial charge in [0.2, 0.25) is 0 Å². The molecule has 0 aliphatic carbocycles. The molecule has 1 unspecified atom stereocenters. The van der Waals surface area contributed by atoms with E-state index in [0.29, 0.717) is 6.54 Å². The number of ether oxygens (including phenoxy) is 1. The van der Waals surface area contributed by atoms with Gasteiger partial charge in [-0.15, -0.1) is 0 Å². The zero-order chi connectivity index (χ0) is 13.0. The minimum absolute atomic E-state index is 0.155. The van der Waals surface area contributed by atoms with Gasteiger partial charge in [-0.3, -0.25) is 4.98 Å².